The molecule has 0 aliphatic heterocycles. The summed E-state index contributed by atoms with van der Waals surface area (Å²) < 4.78 is 5.70. The van der Waals surface area contributed by atoms with Crippen LogP contribution in [0.4, 0.5) is 0 Å². The first-order valence-corrected chi connectivity index (χ1v) is 6.26. The predicted octanol–water partition coefficient (Wildman–Crippen LogP) is 2.74. The minimum Gasteiger partial charge on any atom is -0.459 e. The van der Waals surface area contributed by atoms with Crippen LogP contribution in [-0.2, 0) is 6.54 Å². The molecular weight excluding hydrogens is 365 g/mol. The van der Waals surface area contributed by atoms with Gasteiger partial charge in [0.05, 0.1) is 6.54 Å². The Labute approximate surface area is 136 Å². The van der Waals surface area contributed by atoms with Gasteiger partial charge in [-0.05, 0) is 19.1 Å². The minimum atomic E-state index is 0. The van der Waals surface area contributed by atoms with Crippen LogP contribution < -0.4 is 10.6 Å². The molecule has 0 bridgehead atoms. The maximum Gasteiger partial charge on any atom is 0.192 e. The van der Waals surface area contributed by atoms with E-state index < -0.39 is 0 Å². The highest BCUT2D eigenvalue weighted by Gasteiger charge is 2.02. The standard InChI is InChI=1S/C15H17N3O.HI/c1-3-9-17-15(16-4-2)18-11-13-10-12-7-5-6-8-14(12)19-13;/h1,5-8,10H,4,9,11H2,2H3,(H2,16,17,18);1H. The van der Waals surface area contributed by atoms with Crippen LogP contribution in [0.5, 0.6) is 0 Å². The Morgan fingerprint density at radius 1 is 1.35 bits per heavy atom. The van der Waals surface area contributed by atoms with Crippen molar-refractivity contribution < 1.29 is 4.42 Å². The summed E-state index contributed by atoms with van der Waals surface area (Å²) in [5, 5.41) is 7.25. The lowest BCUT2D eigenvalue weighted by Gasteiger charge is -2.07. The van der Waals surface area contributed by atoms with Crippen molar-refractivity contribution in [2.24, 2.45) is 4.99 Å². The zero-order chi connectivity index (χ0) is 13.5. The van der Waals surface area contributed by atoms with Crippen LogP contribution in [0, 0.1) is 12.3 Å². The van der Waals surface area contributed by atoms with E-state index in [1.807, 2.05) is 37.3 Å². The summed E-state index contributed by atoms with van der Waals surface area (Å²) in [7, 11) is 0. The Bertz CT molecular complexity index is 580. The summed E-state index contributed by atoms with van der Waals surface area (Å²) in [6.45, 7) is 3.73. The molecule has 2 aromatic rings. The Balaban J connectivity index is 0.00000200. The molecule has 106 valence electrons. The summed E-state index contributed by atoms with van der Waals surface area (Å²) in [5.74, 6) is 4.05. The van der Waals surface area contributed by atoms with Crippen LogP contribution in [0.15, 0.2) is 39.7 Å². The molecule has 1 aromatic heterocycles. The number of furan rings is 1. The van der Waals surface area contributed by atoms with E-state index in [2.05, 4.69) is 21.5 Å². The lowest BCUT2D eigenvalue weighted by Crippen LogP contribution is -2.37. The third-order valence-corrected chi connectivity index (χ3v) is 2.57. The molecule has 0 saturated carbocycles. The van der Waals surface area contributed by atoms with E-state index >= 15 is 0 Å². The van der Waals surface area contributed by atoms with E-state index in [0.717, 1.165) is 23.3 Å². The van der Waals surface area contributed by atoms with Gasteiger partial charge in [0, 0.05) is 11.9 Å². The molecule has 0 saturated heterocycles. The zero-order valence-corrected chi connectivity index (χ0v) is 13.7. The first-order chi connectivity index (χ1) is 9.33. The second-order valence-corrected chi connectivity index (χ2v) is 4.00. The second-order valence-electron chi connectivity index (χ2n) is 4.00. The van der Waals surface area contributed by atoms with Crippen LogP contribution in [-0.4, -0.2) is 19.0 Å². The Hall–Kier alpha value is -1.68. The maximum absolute atomic E-state index is 5.70. The van der Waals surface area contributed by atoms with Gasteiger partial charge in [0.1, 0.15) is 17.9 Å². The van der Waals surface area contributed by atoms with Gasteiger partial charge in [0.25, 0.3) is 0 Å². The Morgan fingerprint density at radius 2 is 2.15 bits per heavy atom. The molecule has 4 nitrogen and oxygen atoms in total. The van der Waals surface area contributed by atoms with E-state index in [-0.39, 0.29) is 24.0 Å². The van der Waals surface area contributed by atoms with Gasteiger partial charge in [-0.3, -0.25) is 0 Å². The van der Waals surface area contributed by atoms with Gasteiger partial charge >= 0.3 is 0 Å². The molecule has 0 atom stereocenters. The summed E-state index contributed by atoms with van der Waals surface area (Å²) in [5.41, 5.74) is 0.884. The molecule has 0 aliphatic rings. The van der Waals surface area contributed by atoms with Gasteiger partial charge in [-0.1, -0.05) is 24.1 Å². The molecule has 2 N–H and O–H groups in total. The number of para-hydroxylation sites is 1. The topological polar surface area (TPSA) is 49.6 Å². The SMILES string of the molecule is C#CCNC(=NCc1cc2ccccc2o1)NCC.I. The molecule has 1 heterocycles. The van der Waals surface area contributed by atoms with Crippen LogP contribution in [0.2, 0.25) is 0 Å². The van der Waals surface area contributed by atoms with Crippen molar-refractivity contribution in [1.82, 2.24) is 10.6 Å². The third kappa shape index (κ3) is 4.46. The Morgan fingerprint density at radius 3 is 2.85 bits per heavy atom. The number of nitrogens with one attached hydrogen (secondary N) is 2. The number of benzene rings is 1. The predicted molar refractivity (Wildman–Crippen MR) is 93.3 cm³/mol. The van der Waals surface area contributed by atoms with E-state index in [9.17, 15) is 0 Å². The molecule has 2 rings (SSSR count). The van der Waals surface area contributed by atoms with Gasteiger partial charge in [0.15, 0.2) is 5.96 Å². The van der Waals surface area contributed by atoms with Gasteiger partial charge in [0.2, 0.25) is 0 Å². The summed E-state index contributed by atoms with van der Waals surface area (Å²) >= 11 is 0. The number of fused-ring (bicyclic) bond motifs is 1. The highest BCUT2D eigenvalue weighted by atomic mass is 127. The average molecular weight is 383 g/mol. The lowest BCUT2D eigenvalue weighted by molar-refractivity contribution is 0.552. The first kappa shape index (κ1) is 16.4. The highest BCUT2D eigenvalue weighted by molar-refractivity contribution is 14.0. The van der Waals surface area contributed by atoms with E-state index in [4.69, 9.17) is 10.8 Å². The van der Waals surface area contributed by atoms with E-state index in [0.29, 0.717) is 19.0 Å². The zero-order valence-electron chi connectivity index (χ0n) is 11.3. The van der Waals surface area contributed by atoms with Gasteiger partial charge in [-0.15, -0.1) is 30.4 Å². The van der Waals surface area contributed by atoms with Crippen molar-refractivity contribution in [1.29, 1.82) is 0 Å². The lowest BCUT2D eigenvalue weighted by atomic mass is 10.2. The Kier molecular flexibility index (Phi) is 6.94. The molecule has 20 heavy (non-hydrogen) atoms. The molecule has 1 aromatic carbocycles. The molecule has 0 amide bonds. The first-order valence-electron chi connectivity index (χ1n) is 6.26. The summed E-state index contributed by atoms with van der Waals surface area (Å²) in [4.78, 5) is 4.42. The minimum absolute atomic E-state index is 0. The van der Waals surface area contributed by atoms with Crippen molar-refractivity contribution in [3.05, 3.63) is 36.1 Å². The largest absolute Gasteiger partial charge is 0.459 e. The number of hydrogen-bond donors (Lipinski definition) is 2. The maximum atomic E-state index is 5.70. The van der Waals surface area contributed by atoms with Crippen LogP contribution in [0.25, 0.3) is 11.0 Å². The third-order valence-electron chi connectivity index (χ3n) is 2.57. The van der Waals surface area contributed by atoms with Crippen LogP contribution in [0.3, 0.4) is 0 Å². The number of hydrogen-bond acceptors (Lipinski definition) is 2. The van der Waals surface area contributed by atoms with Crippen molar-refractivity contribution in [2.45, 2.75) is 13.5 Å². The fourth-order valence-corrected chi connectivity index (χ4v) is 1.75. The van der Waals surface area contributed by atoms with Gasteiger partial charge < -0.3 is 15.1 Å². The summed E-state index contributed by atoms with van der Waals surface area (Å²) in [6.07, 6.45) is 5.22. The van der Waals surface area contributed by atoms with Crippen molar-refractivity contribution in [3.63, 3.8) is 0 Å². The van der Waals surface area contributed by atoms with Gasteiger partial charge in [-0.2, -0.15) is 0 Å². The highest BCUT2D eigenvalue weighted by Crippen LogP contribution is 2.19. The monoisotopic (exact) mass is 383 g/mol. The summed E-state index contributed by atoms with van der Waals surface area (Å²) in [6, 6.07) is 9.92. The smallest absolute Gasteiger partial charge is 0.192 e. The van der Waals surface area contributed by atoms with Crippen molar-refractivity contribution in [2.75, 3.05) is 13.1 Å². The van der Waals surface area contributed by atoms with Crippen molar-refractivity contribution >= 4 is 40.9 Å². The number of halogens is 1. The fraction of sp³-hybridized carbons (Fsp3) is 0.267. The molecule has 0 spiro atoms. The number of aliphatic imine (C=N–C) groups is 1. The van der Waals surface area contributed by atoms with Crippen molar-refractivity contribution in [3.8, 4) is 12.3 Å². The molecule has 0 aliphatic carbocycles. The number of terminal acetylenes is 1. The normalized spacial score (nSPS) is 10.7. The fourth-order valence-electron chi connectivity index (χ4n) is 1.75. The molecular formula is C15H18IN3O. The number of guanidine groups is 1. The van der Waals surface area contributed by atoms with E-state index in [1.165, 1.54) is 0 Å². The molecule has 0 fully saturated rings. The number of rotatable bonds is 4. The quantitative estimate of drug-likeness (QED) is 0.370. The van der Waals surface area contributed by atoms with E-state index in [1.54, 1.807) is 0 Å². The van der Waals surface area contributed by atoms with Gasteiger partial charge in [-0.25, -0.2) is 4.99 Å². The number of nitrogens with zero attached hydrogens (tertiary/aromatic N) is 1. The molecule has 5 heteroatoms. The molecule has 0 radical (unpaired) electrons. The average Bonchev–Trinajstić information content (AvgIpc) is 2.84. The molecule has 0 unspecified atom stereocenters. The second kappa shape index (κ2) is 8.48. The van der Waals surface area contributed by atoms with Crippen LogP contribution >= 0.6 is 24.0 Å². The van der Waals surface area contributed by atoms with Crippen LogP contribution in [0.1, 0.15) is 12.7 Å².